The summed E-state index contributed by atoms with van der Waals surface area (Å²) in [5.74, 6) is -3.06. The summed E-state index contributed by atoms with van der Waals surface area (Å²) < 4.78 is 0. The maximum absolute atomic E-state index is 11.7. The number of rotatable bonds is 6. The molecule has 1 saturated heterocycles. The third-order valence-electron chi connectivity index (χ3n) is 2.81. The Kier molecular flexibility index (Phi) is 6.23. The van der Waals surface area contributed by atoms with E-state index in [1.54, 1.807) is 0 Å². The van der Waals surface area contributed by atoms with E-state index in [9.17, 15) is 14.4 Å². The maximum Gasteiger partial charge on any atom is 0.326 e. The highest BCUT2D eigenvalue weighted by Crippen LogP contribution is 1.97. The van der Waals surface area contributed by atoms with Crippen LogP contribution in [0.15, 0.2) is 0 Å². The van der Waals surface area contributed by atoms with E-state index >= 15 is 0 Å². The average molecular weight is 273 g/mol. The van der Waals surface area contributed by atoms with Gasteiger partial charge in [0.2, 0.25) is 5.91 Å². The molecular weight excluding hydrogens is 254 g/mol. The SMILES string of the molecule is O=C(O)CC(NC(=O)CN1CCCNCC1)C(=O)O. The van der Waals surface area contributed by atoms with Crippen molar-refractivity contribution in [2.75, 3.05) is 32.7 Å². The first-order chi connectivity index (χ1) is 8.99. The summed E-state index contributed by atoms with van der Waals surface area (Å²) in [4.78, 5) is 34.9. The lowest BCUT2D eigenvalue weighted by Gasteiger charge is -2.20. The first kappa shape index (κ1) is 15.4. The van der Waals surface area contributed by atoms with Crippen molar-refractivity contribution in [2.45, 2.75) is 18.9 Å². The van der Waals surface area contributed by atoms with Crippen LogP contribution in [-0.4, -0.2) is 71.7 Å². The smallest absolute Gasteiger partial charge is 0.326 e. The summed E-state index contributed by atoms with van der Waals surface area (Å²) in [5.41, 5.74) is 0. The molecule has 0 radical (unpaired) electrons. The molecule has 0 aromatic carbocycles. The minimum absolute atomic E-state index is 0.0884. The van der Waals surface area contributed by atoms with E-state index in [2.05, 4.69) is 10.6 Å². The Morgan fingerprint density at radius 2 is 1.95 bits per heavy atom. The van der Waals surface area contributed by atoms with Crippen molar-refractivity contribution < 1.29 is 24.6 Å². The zero-order valence-corrected chi connectivity index (χ0v) is 10.6. The third-order valence-corrected chi connectivity index (χ3v) is 2.81. The summed E-state index contributed by atoms with van der Waals surface area (Å²) in [7, 11) is 0. The summed E-state index contributed by atoms with van der Waals surface area (Å²) >= 11 is 0. The van der Waals surface area contributed by atoms with Gasteiger partial charge < -0.3 is 20.8 Å². The number of hydrogen-bond acceptors (Lipinski definition) is 5. The highest BCUT2D eigenvalue weighted by Gasteiger charge is 2.23. The molecule has 8 nitrogen and oxygen atoms in total. The number of amides is 1. The zero-order chi connectivity index (χ0) is 14.3. The number of carbonyl (C=O) groups is 3. The van der Waals surface area contributed by atoms with Crippen LogP contribution in [0.2, 0.25) is 0 Å². The first-order valence-electron chi connectivity index (χ1n) is 6.16. The van der Waals surface area contributed by atoms with Crippen LogP contribution >= 0.6 is 0 Å². The Hall–Kier alpha value is -1.67. The van der Waals surface area contributed by atoms with Crippen LogP contribution in [0.4, 0.5) is 0 Å². The molecule has 1 heterocycles. The van der Waals surface area contributed by atoms with Crippen molar-refractivity contribution >= 4 is 17.8 Å². The van der Waals surface area contributed by atoms with E-state index in [0.29, 0.717) is 6.54 Å². The van der Waals surface area contributed by atoms with Gasteiger partial charge in [-0.25, -0.2) is 4.79 Å². The molecule has 0 saturated carbocycles. The molecule has 108 valence electrons. The number of hydrogen-bond donors (Lipinski definition) is 4. The molecule has 1 aliphatic heterocycles. The van der Waals surface area contributed by atoms with Gasteiger partial charge in [-0.15, -0.1) is 0 Å². The second-order valence-corrected chi connectivity index (χ2v) is 4.44. The summed E-state index contributed by atoms with van der Waals surface area (Å²) in [6.45, 7) is 3.24. The van der Waals surface area contributed by atoms with Crippen LogP contribution in [0.5, 0.6) is 0 Å². The molecule has 1 atom stereocenters. The lowest BCUT2D eigenvalue weighted by Crippen LogP contribution is -2.47. The quantitative estimate of drug-likeness (QED) is 0.456. The molecule has 0 aromatic heterocycles. The molecule has 0 aromatic rings. The minimum Gasteiger partial charge on any atom is -0.481 e. The summed E-state index contributed by atoms with van der Waals surface area (Å²) in [5, 5.41) is 22.8. The molecule has 0 spiro atoms. The van der Waals surface area contributed by atoms with Gasteiger partial charge in [0.1, 0.15) is 6.04 Å². The summed E-state index contributed by atoms with van der Waals surface area (Å²) in [6, 6.07) is -1.38. The molecule has 1 fully saturated rings. The number of aliphatic carboxylic acids is 2. The lowest BCUT2D eigenvalue weighted by atomic mass is 10.2. The fourth-order valence-electron chi connectivity index (χ4n) is 1.88. The molecule has 1 rings (SSSR count). The number of nitrogens with zero attached hydrogens (tertiary/aromatic N) is 1. The van der Waals surface area contributed by atoms with Crippen molar-refractivity contribution in [3.63, 3.8) is 0 Å². The first-order valence-corrected chi connectivity index (χ1v) is 6.16. The van der Waals surface area contributed by atoms with Crippen molar-refractivity contribution in [1.29, 1.82) is 0 Å². The Bertz CT molecular complexity index is 339. The molecule has 0 aliphatic carbocycles. The van der Waals surface area contributed by atoms with Gasteiger partial charge in [-0.05, 0) is 19.5 Å². The molecule has 1 aliphatic rings. The van der Waals surface area contributed by atoms with Gasteiger partial charge in [0.05, 0.1) is 13.0 Å². The van der Waals surface area contributed by atoms with E-state index in [0.717, 1.165) is 26.1 Å². The van der Waals surface area contributed by atoms with Gasteiger partial charge in [-0.3, -0.25) is 14.5 Å². The number of carbonyl (C=O) groups excluding carboxylic acids is 1. The van der Waals surface area contributed by atoms with E-state index in [-0.39, 0.29) is 6.54 Å². The molecule has 0 bridgehead atoms. The number of nitrogens with one attached hydrogen (secondary N) is 2. The normalized spacial score (nSPS) is 18.3. The van der Waals surface area contributed by atoms with Crippen LogP contribution in [-0.2, 0) is 14.4 Å². The van der Waals surface area contributed by atoms with Crippen LogP contribution < -0.4 is 10.6 Å². The number of carboxylic acid groups (broad SMARTS) is 2. The maximum atomic E-state index is 11.7. The highest BCUT2D eigenvalue weighted by atomic mass is 16.4. The van der Waals surface area contributed by atoms with Crippen molar-refractivity contribution in [3.8, 4) is 0 Å². The highest BCUT2D eigenvalue weighted by molar-refractivity contribution is 5.87. The molecular formula is C11H19N3O5. The van der Waals surface area contributed by atoms with Gasteiger partial charge in [-0.1, -0.05) is 0 Å². The predicted octanol–water partition coefficient (Wildman–Crippen LogP) is -1.67. The Morgan fingerprint density at radius 1 is 1.21 bits per heavy atom. The molecule has 1 amide bonds. The Labute approximate surface area is 110 Å². The van der Waals surface area contributed by atoms with E-state index in [1.165, 1.54) is 0 Å². The minimum atomic E-state index is -1.38. The molecule has 19 heavy (non-hydrogen) atoms. The van der Waals surface area contributed by atoms with E-state index in [1.807, 2.05) is 4.90 Å². The average Bonchev–Trinajstić information content (AvgIpc) is 2.56. The van der Waals surface area contributed by atoms with Gasteiger partial charge in [-0.2, -0.15) is 0 Å². The number of carboxylic acids is 2. The van der Waals surface area contributed by atoms with Gasteiger partial charge in [0.25, 0.3) is 0 Å². The van der Waals surface area contributed by atoms with E-state index < -0.39 is 30.3 Å². The monoisotopic (exact) mass is 273 g/mol. The van der Waals surface area contributed by atoms with Gasteiger partial charge in [0.15, 0.2) is 0 Å². The predicted molar refractivity (Wildman–Crippen MR) is 65.7 cm³/mol. The third kappa shape index (κ3) is 6.16. The Morgan fingerprint density at radius 3 is 2.58 bits per heavy atom. The summed E-state index contributed by atoms with van der Waals surface area (Å²) in [6.07, 6.45) is 0.299. The fraction of sp³-hybridized carbons (Fsp3) is 0.727. The van der Waals surface area contributed by atoms with E-state index in [4.69, 9.17) is 10.2 Å². The Balaban J connectivity index is 2.42. The second kappa shape index (κ2) is 7.70. The van der Waals surface area contributed by atoms with Crippen LogP contribution in [0.3, 0.4) is 0 Å². The van der Waals surface area contributed by atoms with Crippen LogP contribution in [0, 0.1) is 0 Å². The molecule has 8 heteroatoms. The van der Waals surface area contributed by atoms with Crippen molar-refractivity contribution in [3.05, 3.63) is 0 Å². The largest absolute Gasteiger partial charge is 0.481 e. The van der Waals surface area contributed by atoms with Crippen molar-refractivity contribution in [2.24, 2.45) is 0 Å². The van der Waals surface area contributed by atoms with Crippen LogP contribution in [0.25, 0.3) is 0 Å². The van der Waals surface area contributed by atoms with Crippen molar-refractivity contribution in [1.82, 2.24) is 15.5 Å². The molecule has 1 unspecified atom stereocenters. The second-order valence-electron chi connectivity index (χ2n) is 4.44. The fourth-order valence-corrected chi connectivity index (χ4v) is 1.88. The standard InChI is InChI=1S/C11H19N3O5/c15-9(7-14-4-1-2-12-3-5-14)13-8(11(18)19)6-10(16)17/h8,12H,1-7H2,(H,13,15)(H,16,17)(H,18,19). The van der Waals surface area contributed by atoms with Gasteiger partial charge >= 0.3 is 11.9 Å². The zero-order valence-electron chi connectivity index (χ0n) is 10.6. The topological polar surface area (TPSA) is 119 Å². The van der Waals surface area contributed by atoms with Gasteiger partial charge in [0, 0.05) is 13.1 Å². The molecule has 4 N–H and O–H groups in total. The lowest BCUT2D eigenvalue weighted by molar-refractivity contribution is -0.147. The van der Waals surface area contributed by atoms with Crippen LogP contribution in [0.1, 0.15) is 12.8 Å².